The summed E-state index contributed by atoms with van der Waals surface area (Å²) in [7, 11) is 3.14. The molecule has 214 valence electrons. The van der Waals surface area contributed by atoms with Gasteiger partial charge >= 0.3 is 0 Å². The maximum Gasteiger partial charge on any atom is 0.248 e. The van der Waals surface area contributed by atoms with Crippen molar-refractivity contribution < 1.29 is 19.0 Å². The molecule has 5 aromatic rings. The van der Waals surface area contributed by atoms with E-state index in [-0.39, 0.29) is 11.9 Å². The van der Waals surface area contributed by atoms with Gasteiger partial charge in [-0.1, -0.05) is 6.08 Å². The average Bonchev–Trinajstić information content (AvgIpc) is 3.69. The maximum atomic E-state index is 12.7. The van der Waals surface area contributed by atoms with Gasteiger partial charge in [-0.2, -0.15) is 5.10 Å². The SMILES string of the molecule is COc1cc2ncnc(Nc3cc(C)c(Oc4ccn5ncnc5c4)cc3OC)c2cc1NC(=O)/C=C/[C@H]1CCCN1. The smallest absolute Gasteiger partial charge is 0.248 e. The molecule has 0 aliphatic carbocycles. The molecule has 42 heavy (non-hydrogen) atoms. The second kappa shape index (κ2) is 11.7. The molecule has 6 rings (SSSR count). The molecule has 1 aliphatic rings. The van der Waals surface area contributed by atoms with Gasteiger partial charge in [0.1, 0.15) is 41.5 Å². The first-order chi connectivity index (χ1) is 20.5. The first kappa shape index (κ1) is 27.0. The number of fused-ring (bicyclic) bond motifs is 2. The number of rotatable bonds is 9. The van der Waals surface area contributed by atoms with Gasteiger partial charge in [-0.25, -0.2) is 19.5 Å². The standard InChI is InChI=1S/C30H30N8O4/c1-18-11-23(27(41-3)15-25(18)42-20-8-10-38-28(12-20)33-17-35-38)37-30-21-13-24(26(40-2)14-22(21)32-16-34-30)36-29(39)7-6-19-5-4-9-31-19/h6-8,10-17,19,31H,4-5,9H2,1-3H3,(H,36,39)(H,32,34,37)/b7-6+/t19-/m1/s1. The number of anilines is 3. The quantitative estimate of drug-likeness (QED) is 0.214. The largest absolute Gasteiger partial charge is 0.494 e. The van der Waals surface area contributed by atoms with Crippen LogP contribution in [-0.2, 0) is 4.79 Å². The Morgan fingerprint density at radius 2 is 1.88 bits per heavy atom. The van der Waals surface area contributed by atoms with Crippen molar-refractivity contribution in [2.75, 3.05) is 31.4 Å². The van der Waals surface area contributed by atoms with Crippen molar-refractivity contribution in [3.8, 4) is 23.0 Å². The minimum absolute atomic E-state index is 0.214. The molecule has 12 nitrogen and oxygen atoms in total. The van der Waals surface area contributed by atoms with Crippen LogP contribution in [0.3, 0.4) is 0 Å². The van der Waals surface area contributed by atoms with E-state index in [1.165, 1.54) is 12.7 Å². The van der Waals surface area contributed by atoms with Crippen LogP contribution in [0.1, 0.15) is 18.4 Å². The van der Waals surface area contributed by atoms with E-state index in [4.69, 9.17) is 14.2 Å². The number of carbonyl (C=O) groups excluding carboxylic acids is 1. The number of ether oxygens (including phenoxy) is 3. The summed E-state index contributed by atoms with van der Waals surface area (Å²) >= 11 is 0. The number of nitrogens with zero attached hydrogens (tertiary/aromatic N) is 5. The molecular formula is C30H30N8O4. The Morgan fingerprint density at radius 1 is 1.02 bits per heavy atom. The summed E-state index contributed by atoms with van der Waals surface area (Å²) in [5.41, 5.74) is 3.39. The Labute approximate surface area is 241 Å². The zero-order valence-corrected chi connectivity index (χ0v) is 23.4. The molecule has 1 amide bonds. The molecule has 0 saturated carbocycles. The van der Waals surface area contributed by atoms with Crippen LogP contribution in [0.4, 0.5) is 17.2 Å². The Kier molecular flexibility index (Phi) is 7.52. The highest BCUT2D eigenvalue weighted by Gasteiger charge is 2.16. The van der Waals surface area contributed by atoms with Crippen LogP contribution in [-0.4, -0.2) is 57.3 Å². The lowest BCUT2D eigenvalue weighted by molar-refractivity contribution is -0.111. The summed E-state index contributed by atoms with van der Waals surface area (Å²) in [6.07, 6.45) is 10.3. The zero-order chi connectivity index (χ0) is 29.1. The van der Waals surface area contributed by atoms with Crippen molar-refractivity contribution in [2.24, 2.45) is 0 Å². The molecular weight excluding hydrogens is 536 g/mol. The van der Waals surface area contributed by atoms with Gasteiger partial charge in [0.15, 0.2) is 5.65 Å². The highest BCUT2D eigenvalue weighted by atomic mass is 16.5. The number of aromatic nitrogens is 5. The molecule has 1 aliphatic heterocycles. The number of nitrogens with one attached hydrogen (secondary N) is 3. The lowest BCUT2D eigenvalue weighted by Gasteiger charge is -2.17. The zero-order valence-electron chi connectivity index (χ0n) is 23.4. The van der Waals surface area contributed by atoms with Gasteiger partial charge in [-0.3, -0.25) is 4.79 Å². The molecule has 1 atom stereocenters. The minimum atomic E-state index is -0.247. The Hall–Kier alpha value is -5.23. The minimum Gasteiger partial charge on any atom is -0.494 e. The van der Waals surface area contributed by atoms with Gasteiger partial charge in [0.2, 0.25) is 5.91 Å². The van der Waals surface area contributed by atoms with Crippen LogP contribution >= 0.6 is 0 Å². The van der Waals surface area contributed by atoms with Crippen LogP contribution in [0.25, 0.3) is 16.6 Å². The molecule has 0 spiro atoms. The van der Waals surface area contributed by atoms with Crippen molar-refractivity contribution in [2.45, 2.75) is 25.8 Å². The van der Waals surface area contributed by atoms with Crippen LogP contribution in [0.5, 0.6) is 23.0 Å². The number of methoxy groups -OCH3 is 2. The Morgan fingerprint density at radius 3 is 2.69 bits per heavy atom. The predicted molar refractivity (Wildman–Crippen MR) is 159 cm³/mol. The van der Waals surface area contributed by atoms with E-state index in [1.807, 2.05) is 37.3 Å². The summed E-state index contributed by atoms with van der Waals surface area (Å²) in [6.45, 7) is 2.91. The highest BCUT2D eigenvalue weighted by molar-refractivity contribution is 6.03. The normalized spacial score (nSPS) is 14.9. The van der Waals surface area contributed by atoms with Gasteiger partial charge < -0.3 is 30.2 Å². The molecule has 0 radical (unpaired) electrons. The number of hydrogen-bond acceptors (Lipinski definition) is 10. The van der Waals surface area contributed by atoms with E-state index in [2.05, 4.69) is 36.0 Å². The molecule has 1 fully saturated rings. The molecule has 1 saturated heterocycles. The molecule has 4 heterocycles. The number of benzene rings is 2. The summed E-state index contributed by atoms with van der Waals surface area (Å²) in [6, 6.07) is 11.1. The fraction of sp³-hybridized carbons (Fsp3) is 0.233. The number of pyridine rings is 1. The van der Waals surface area contributed by atoms with Crippen LogP contribution in [0, 0.1) is 6.92 Å². The fourth-order valence-corrected chi connectivity index (χ4v) is 4.86. The van der Waals surface area contributed by atoms with E-state index < -0.39 is 0 Å². The van der Waals surface area contributed by atoms with Crippen molar-refractivity contribution in [1.29, 1.82) is 0 Å². The van der Waals surface area contributed by atoms with E-state index in [0.29, 0.717) is 56.7 Å². The molecule has 0 bridgehead atoms. The molecule has 12 heteroatoms. The van der Waals surface area contributed by atoms with Gasteiger partial charge in [0, 0.05) is 41.9 Å². The van der Waals surface area contributed by atoms with E-state index in [9.17, 15) is 4.79 Å². The molecule has 2 aromatic carbocycles. The van der Waals surface area contributed by atoms with Gasteiger partial charge in [0.25, 0.3) is 0 Å². The topological polar surface area (TPSA) is 137 Å². The molecule has 0 unspecified atom stereocenters. The third-order valence-corrected chi connectivity index (χ3v) is 7.02. The van der Waals surface area contributed by atoms with Crippen molar-refractivity contribution >= 4 is 39.6 Å². The van der Waals surface area contributed by atoms with E-state index in [1.54, 1.807) is 43.1 Å². The lowest BCUT2D eigenvalue weighted by atomic mass is 10.1. The number of hydrogen-bond donors (Lipinski definition) is 3. The van der Waals surface area contributed by atoms with Crippen molar-refractivity contribution in [3.63, 3.8) is 0 Å². The first-order valence-electron chi connectivity index (χ1n) is 13.5. The molecule has 3 N–H and O–H groups in total. The Bertz CT molecular complexity index is 1800. The second-order valence-corrected chi connectivity index (χ2v) is 9.81. The van der Waals surface area contributed by atoms with Crippen molar-refractivity contribution in [3.05, 3.63) is 73.0 Å². The van der Waals surface area contributed by atoms with E-state index >= 15 is 0 Å². The first-order valence-corrected chi connectivity index (χ1v) is 13.5. The van der Waals surface area contributed by atoms with Crippen LogP contribution < -0.4 is 30.2 Å². The maximum absolute atomic E-state index is 12.7. The lowest BCUT2D eigenvalue weighted by Crippen LogP contribution is -2.19. The monoisotopic (exact) mass is 566 g/mol. The predicted octanol–water partition coefficient (Wildman–Crippen LogP) is 4.78. The third kappa shape index (κ3) is 5.65. The van der Waals surface area contributed by atoms with Crippen LogP contribution in [0.2, 0.25) is 0 Å². The fourth-order valence-electron chi connectivity index (χ4n) is 4.86. The van der Waals surface area contributed by atoms with Crippen molar-refractivity contribution in [1.82, 2.24) is 29.9 Å². The number of amides is 1. The van der Waals surface area contributed by atoms with Gasteiger partial charge in [-0.15, -0.1) is 0 Å². The summed E-state index contributed by atoms with van der Waals surface area (Å²) in [5.74, 6) is 2.59. The number of aryl methyl sites for hydroxylation is 1. The summed E-state index contributed by atoms with van der Waals surface area (Å²) < 4.78 is 19.1. The van der Waals surface area contributed by atoms with Gasteiger partial charge in [0.05, 0.1) is 31.1 Å². The Balaban J connectivity index is 1.28. The summed E-state index contributed by atoms with van der Waals surface area (Å²) in [5, 5.41) is 14.5. The summed E-state index contributed by atoms with van der Waals surface area (Å²) in [4.78, 5) is 25.8. The van der Waals surface area contributed by atoms with Crippen LogP contribution in [0.15, 0.2) is 67.4 Å². The molecule has 3 aromatic heterocycles. The number of carbonyl (C=O) groups is 1. The highest BCUT2D eigenvalue weighted by Crippen LogP contribution is 2.38. The second-order valence-electron chi connectivity index (χ2n) is 9.81. The van der Waals surface area contributed by atoms with E-state index in [0.717, 1.165) is 24.9 Å². The third-order valence-electron chi connectivity index (χ3n) is 7.02. The average molecular weight is 567 g/mol. The van der Waals surface area contributed by atoms with Gasteiger partial charge in [-0.05, 0) is 50.1 Å².